The van der Waals surface area contributed by atoms with Gasteiger partial charge in [-0.3, -0.25) is 14.2 Å². The third-order valence-corrected chi connectivity index (χ3v) is 7.92. The standard InChI is InChI=1S/C30H28N4O5S/c1-19-26(28(35)32-21-6-4-3-5-7-21)27(20-8-10-22(37-2)11-9-20)34-29(36)24(40-30(34)31-19)18-23-12-13-25(39-23)33-14-16-38-17-15-33/h3-13,18,27H,14-17H2,1-2H3,(H,32,35)/b24-18+/t27-/m0/s1. The van der Waals surface area contributed by atoms with Gasteiger partial charge in [-0.05, 0) is 42.8 Å². The number of amides is 1. The maximum Gasteiger partial charge on any atom is 0.271 e. The summed E-state index contributed by atoms with van der Waals surface area (Å²) in [5.74, 6) is 1.68. The summed E-state index contributed by atoms with van der Waals surface area (Å²) < 4.78 is 18.9. The number of hydrogen-bond donors (Lipinski definition) is 1. The number of hydrogen-bond acceptors (Lipinski definition) is 8. The number of furan rings is 1. The van der Waals surface area contributed by atoms with E-state index in [9.17, 15) is 9.59 Å². The zero-order valence-electron chi connectivity index (χ0n) is 22.1. The molecule has 0 bridgehead atoms. The molecule has 1 amide bonds. The molecule has 0 spiro atoms. The molecule has 204 valence electrons. The molecule has 1 fully saturated rings. The second-order valence-electron chi connectivity index (χ2n) is 9.45. The second kappa shape index (κ2) is 11.0. The third-order valence-electron chi connectivity index (χ3n) is 6.94. The molecule has 40 heavy (non-hydrogen) atoms. The predicted octanol–water partition coefficient (Wildman–Crippen LogP) is 3.31. The van der Waals surface area contributed by atoms with E-state index >= 15 is 0 Å². The Labute approximate surface area is 234 Å². The second-order valence-corrected chi connectivity index (χ2v) is 10.5. The molecule has 0 unspecified atom stereocenters. The lowest BCUT2D eigenvalue weighted by Crippen LogP contribution is -2.40. The number of morpholine rings is 1. The highest BCUT2D eigenvalue weighted by molar-refractivity contribution is 7.07. The van der Waals surface area contributed by atoms with Gasteiger partial charge in [0.25, 0.3) is 11.5 Å². The fraction of sp³-hybridized carbons (Fsp3) is 0.233. The van der Waals surface area contributed by atoms with E-state index in [1.807, 2.05) is 66.7 Å². The number of aromatic nitrogens is 1. The van der Waals surface area contributed by atoms with Crippen LogP contribution in [0.2, 0.25) is 0 Å². The van der Waals surface area contributed by atoms with Crippen molar-refractivity contribution in [2.45, 2.75) is 13.0 Å². The quantitative estimate of drug-likeness (QED) is 0.391. The molecular formula is C30H28N4O5S. The first-order chi connectivity index (χ1) is 19.5. The van der Waals surface area contributed by atoms with Gasteiger partial charge < -0.3 is 24.1 Å². The van der Waals surface area contributed by atoms with Gasteiger partial charge in [-0.15, -0.1) is 0 Å². The Hall–Kier alpha value is -4.41. The third kappa shape index (κ3) is 4.99. The van der Waals surface area contributed by atoms with Crippen LogP contribution >= 0.6 is 11.3 Å². The lowest BCUT2D eigenvalue weighted by atomic mass is 9.95. The van der Waals surface area contributed by atoms with Crippen LogP contribution in [0.1, 0.15) is 24.3 Å². The first kappa shape index (κ1) is 25.8. The van der Waals surface area contributed by atoms with Gasteiger partial charge >= 0.3 is 0 Å². The summed E-state index contributed by atoms with van der Waals surface area (Å²) in [6.45, 7) is 4.61. The molecule has 2 aliphatic rings. The fourth-order valence-corrected chi connectivity index (χ4v) is 5.96. The number of carbonyl (C=O) groups is 1. The smallest absolute Gasteiger partial charge is 0.271 e. The van der Waals surface area contributed by atoms with Crippen molar-refractivity contribution in [2.75, 3.05) is 43.6 Å². The number of carbonyl (C=O) groups excluding carboxylic acids is 1. The van der Waals surface area contributed by atoms with E-state index in [1.165, 1.54) is 11.3 Å². The zero-order chi connectivity index (χ0) is 27.6. The van der Waals surface area contributed by atoms with Crippen molar-refractivity contribution in [2.24, 2.45) is 4.99 Å². The van der Waals surface area contributed by atoms with Gasteiger partial charge in [0.2, 0.25) is 0 Å². The van der Waals surface area contributed by atoms with Gasteiger partial charge in [0, 0.05) is 30.9 Å². The Morgan fingerprint density at radius 1 is 1.07 bits per heavy atom. The Morgan fingerprint density at radius 3 is 2.55 bits per heavy atom. The molecule has 1 atom stereocenters. The van der Waals surface area contributed by atoms with Crippen LogP contribution in [0.4, 0.5) is 11.6 Å². The first-order valence-corrected chi connectivity index (χ1v) is 13.8. The summed E-state index contributed by atoms with van der Waals surface area (Å²) in [4.78, 5) is 34.9. The summed E-state index contributed by atoms with van der Waals surface area (Å²) in [7, 11) is 1.60. The van der Waals surface area contributed by atoms with E-state index in [4.69, 9.17) is 18.9 Å². The van der Waals surface area contributed by atoms with Crippen molar-refractivity contribution in [1.29, 1.82) is 0 Å². The largest absolute Gasteiger partial charge is 0.497 e. The van der Waals surface area contributed by atoms with Crippen molar-refractivity contribution >= 4 is 34.9 Å². The van der Waals surface area contributed by atoms with Gasteiger partial charge in [-0.2, -0.15) is 0 Å². The average Bonchev–Trinajstić information content (AvgIpc) is 3.57. The van der Waals surface area contributed by atoms with E-state index in [0.717, 1.165) is 24.5 Å². The number of para-hydroxylation sites is 1. The number of thiazole rings is 1. The molecule has 0 saturated carbocycles. The number of anilines is 2. The molecule has 0 aliphatic carbocycles. The molecule has 2 aromatic heterocycles. The molecule has 1 saturated heterocycles. The van der Waals surface area contributed by atoms with E-state index in [-0.39, 0.29) is 11.5 Å². The van der Waals surface area contributed by atoms with E-state index < -0.39 is 6.04 Å². The highest BCUT2D eigenvalue weighted by Gasteiger charge is 2.32. The minimum atomic E-state index is -0.673. The molecule has 0 radical (unpaired) electrons. The van der Waals surface area contributed by atoms with Gasteiger partial charge in [0.15, 0.2) is 10.7 Å². The summed E-state index contributed by atoms with van der Waals surface area (Å²) in [5.41, 5.74) is 2.14. The van der Waals surface area contributed by atoms with Crippen molar-refractivity contribution in [3.05, 3.63) is 109 Å². The van der Waals surface area contributed by atoms with Crippen LogP contribution in [0.5, 0.6) is 5.75 Å². The SMILES string of the molecule is COc1ccc([C@H]2C(C(=O)Nc3ccccc3)=C(C)N=c3s/c(=C/c4ccc(N5CCOCC5)o4)c(=O)n32)cc1. The Kier molecular flexibility index (Phi) is 7.10. The first-order valence-electron chi connectivity index (χ1n) is 13.0. The summed E-state index contributed by atoms with van der Waals surface area (Å²) >= 11 is 1.27. The van der Waals surface area contributed by atoms with E-state index in [2.05, 4.69) is 10.2 Å². The minimum Gasteiger partial charge on any atom is -0.497 e. The number of rotatable bonds is 6. The number of allylic oxidation sites excluding steroid dienone is 1. The maximum atomic E-state index is 13.9. The molecular weight excluding hydrogens is 528 g/mol. The van der Waals surface area contributed by atoms with E-state index in [0.29, 0.717) is 51.0 Å². The van der Waals surface area contributed by atoms with Crippen LogP contribution in [0.25, 0.3) is 6.08 Å². The molecule has 10 heteroatoms. The highest BCUT2D eigenvalue weighted by Crippen LogP contribution is 2.31. The van der Waals surface area contributed by atoms with Crippen LogP contribution in [-0.2, 0) is 9.53 Å². The topological polar surface area (TPSA) is 98.3 Å². The lowest BCUT2D eigenvalue weighted by molar-refractivity contribution is -0.113. The summed E-state index contributed by atoms with van der Waals surface area (Å²) in [5, 5.41) is 2.97. The molecule has 4 heterocycles. The van der Waals surface area contributed by atoms with Crippen LogP contribution < -0.4 is 29.8 Å². The normalized spacial score (nSPS) is 17.4. The summed E-state index contributed by atoms with van der Waals surface area (Å²) in [6.07, 6.45) is 1.74. The maximum absolute atomic E-state index is 13.9. The van der Waals surface area contributed by atoms with Gasteiger partial charge in [-0.1, -0.05) is 41.7 Å². The number of fused-ring (bicyclic) bond motifs is 1. The van der Waals surface area contributed by atoms with Crippen molar-refractivity contribution < 1.29 is 18.7 Å². The van der Waals surface area contributed by atoms with Crippen LogP contribution in [0.15, 0.2) is 92.2 Å². The Bertz CT molecular complexity index is 1750. The highest BCUT2D eigenvalue weighted by atomic mass is 32.1. The number of methoxy groups -OCH3 is 1. The average molecular weight is 557 g/mol. The fourth-order valence-electron chi connectivity index (χ4n) is 4.94. The Balaban J connectivity index is 1.43. The van der Waals surface area contributed by atoms with Crippen LogP contribution in [-0.4, -0.2) is 43.9 Å². The number of benzene rings is 2. The molecule has 2 aliphatic heterocycles. The number of nitrogens with zero attached hydrogens (tertiary/aromatic N) is 3. The number of nitrogens with one attached hydrogen (secondary N) is 1. The van der Waals surface area contributed by atoms with Crippen molar-refractivity contribution in [3.63, 3.8) is 0 Å². The van der Waals surface area contributed by atoms with Gasteiger partial charge in [-0.25, -0.2) is 4.99 Å². The molecule has 4 aromatic rings. The lowest BCUT2D eigenvalue weighted by Gasteiger charge is -2.26. The minimum absolute atomic E-state index is 0.244. The molecule has 1 N–H and O–H groups in total. The number of ether oxygens (including phenoxy) is 2. The predicted molar refractivity (Wildman–Crippen MR) is 154 cm³/mol. The van der Waals surface area contributed by atoms with Crippen LogP contribution in [0, 0.1) is 0 Å². The van der Waals surface area contributed by atoms with Crippen LogP contribution in [0.3, 0.4) is 0 Å². The zero-order valence-corrected chi connectivity index (χ0v) is 22.9. The van der Waals surface area contributed by atoms with Crippen molar-refractivity contribution in [3.8, 4) is 5.75 Å². The monoisotopic (exact) mass is 556 g/mol. The van der Waals surface area contributed by atoms with Gasteiger partial charge in [0.05, 0.1) is 42.2 Å². The Morgan fingerprint density at radius 2 is 1.82 bits per heavy atom. The summed E-state index contributed by atoms with van der Waals surface area (Å²) in [6, 6.07) is 19.7. The van der Waals surface area contributed by atoms with Gasteiger partial charge in [0.1, 0.15) is 11.5 Å². The molecule has 6 rings (SSSR count). The molecule has 2 aromatic carbocycles. The van der Waals surface area contributed by atoms with Crippen molar-refractivity contribution in [1.82, 2.24) is 4.57 Å². The molecule has 9 nitrogen and oxygen atoms in total. The van der Waals surface area contributed by atoms with E-state index in [1.54, 1.807) is 24.7 Å².